The Morgan fingerprint density at radius 2 is 1.36 bits per heavy atom. The van der Waals surface area contributed by atoms with Gasteiger partial charge in [-0.1, -0.05) is 39.0 Å². The van der Waals surface area contributed by atoms with E-state index in [2.05, 4.69) is 72.7 Å². The van der Waals surface area contributed by atoms with Crippen molar-refractivity contribution < 1.29 is 0 Å². The van der Waals surface area contributed by atoms with Gasteiger partial charge in [-0.25, -0.2) is 4.98 Å². The Balaban J connectivity index is 2.67. The van der Waals surface area contributed by atoms with Crippen LogP contribution >= 0.6 is 0 Å². The standard InChI is InChI=1S/C21H25N/c1-12-9-11-17-18(14(12)3)19(21(5,6)7)16-10-8-13(2)15(4)20(16)22-17/h8-11H,1-7H3. The van der Waals surface area contributed by atoms with E-state index in [4.69, 9.17) is 4.98 Å². The van der Waals surface area contributed by atoms with Crippen molar-refractivity contribution in [3.63, 3.8) is 0 Å². The Kier molecular flexibility index (Phi) is 3.28. The van der Waals surface area contributed by atoms with Gasteiger partial charge in [0.15, 0.2) is 0 Å². The molecule has 0 amide bonds. The highest BCUT2D eigenvalue weighted by Crippen LogP contribution is 2.38. The highest BCUT2D eigenvalue weighted by molar-refractivity contribution is 6.01. The van der Waals surface area contributed by atoms with Gasteiger partial charge in [0.1, 0.15) is 0 Å². The van der Waals surface area contributed by atoms with Crippen molar-refractivity contribution in [2.24, 2.45) is 0 Å². The van der Waals surface area contributed by atoms with Gasteiger partial charge in [-0.15, -0.1) is 0 Å². The molecule has 1 heterocycles. The molecule has 0 saturated heterocycles. The summed E-state index contributed by atoms with van der Waals surface area (Å²) in [6.07, 6.45) is 0. The van der Waals surface area contributed by atoms with Crippen molar-refractivity contribution in [2.45, 2.75) is 53.9 Å². The molecular weight excluding hydrogens is 266 g/mol. The zero-order valence-electron chi connectivity index (χ0n) is 14.8. The third-order valence-corrected chi connectivity index (χ3v) is 4.92. The van der Waals surface area contributed by atoms with Gasteiger partial charge >= 0.3 is 0 Å². The summed E-state index contributed by atoms with van der Waals surface area (Å²) in [6.45, 7) is 15.7. The summed E-state index contributed by atoms with van der Waals surface area (Å²) in [4.78, 5) is 5.01. The van der Waals surface area contributed by atoms with Crippen molar-refractivity contribution in [3.05, 3.63) is 52.1 Å². The molecule has 0 radical (unpaired) electrons. The van der Waals surface area contributed by atoms with Crippen LogP contribution in [0.2, 0.25) is 0 Å². The lowest BCUT2D eigenvalue weighted by Gasteiger charge is -2.26. The largest absolute Gasteiger partial charge is 0.247 e. The van der Waals surface area contributed by atoms with Crippen molar-refractivity contribution in [1.82, 2.24) is 4.98 Å². The summed E-state index contributed by atoms with van der Waals surface area (Å²) < 4.78 is 0. The second-order valence-corrected chi connectivity index (χ2v) is 7.54. The average molecular weight is 291 g/mol. The molecular formula is C21H25N. The molecule has 0 aliphatic heterocycles. The predicted octanol–water partition coefficient (Wildman–Crippen LogP) is 5.92. The van der Waals surface area contributed by atoms with E-state index in [1.807, 2.05) is 0 Å². The first-order valence-electron chi connectivity index (χ1n) is 8.02. The van der Waals surface area contributed by atoms with E-state index < -0.39 is 0 Å². The molecule has 0 aliphatic rings. The van der Waals surface area contributed by atoms with Crippen LogP contribution in [0.5, 0.6) is 0 Å². The third kappa shape index (κ3) is 2.11. The van der Waals surface area contributed by atoms with Crippen molar-refractivity contribution in [2.75, 3.05) is 0 Å². The molecule has 0 N–H and O–H groups in total. The van der Waals surface area contributed by atoms with Gasteiger partial charge in [0.05, 0.1) is 11.0 Å². The van der Waals surface area contributed by atoms with Gasteiger partial charge in [-0.05, 0) is 67.0 Å². The lowest BCUT2D eigenvalue weighted by Crippen LogP contribution is -2.14. The molecule has 0 spiro atoms. The summed E-state index contributed by atoms with van der Waals surface area (Å²) in [5, 5.41) is 2.64. The first-order chi connectivity index (χ1) is 10.2. The molecule has 1 aromatic heterocycles. The first-order valence-corrected chi connectivity index (χ1v) is 8.02. The predicted molar refractivity (Wildman–Crippen MR) is 96.9 cm³/mol. The van der Waals surface area contributed by atoms with Crippen LogP contribution < -0.4 is 0 Å². The molecule has 0 unspecified atom stereocenters. The number of aromatic nitrogens is 1. The fourth-order valence-corrected chi connectivity index (χ4v) is 3.39. The Labute approximate surface area is 133 Å². The maximum atomic E-state index is 5.01. The van der Waals surface area contributed by atoms with Gasteiger partial charge in [0.25, 0.3) is 0 Å². The average Bonchev–Trinajstić information content (AvgIpc) is 2.44. The minimum atomic E-state index is 0.0830. The summed E-state index contributed by atoms with van der Waals surface area (Å²) in [5.41, 5.74) is 9.08. The Morgan fingerprint density at radius 3 is 2.00 bits per heavy atom. The van der Waals surface area contributed by atoms with E-state index in [0.717, 1.165) is 11.0 Å². The maximum absolute atomic E-state index is 5.01. The lowest BCUT2D eigenvalue weighted by molar-refractivity contribution is 0.600. The highest BCUT2D eigenvalue weighted by Gasteiger charge is 2.23. The van der Waals surface area contributed by atoms with E-state index >= 15 is 0 Å². The molecule has 3 aromatic rings. The molecule has 0 saturated carbocycles. The van der Waals surface area contributed by atoms with Gasteiger partial charge < -0.3 is 0 Å². The lowest BCUT2D eigenvalue weighted by atomic mass is 9.80. The van der Waals surface area contributed by atoms with Crippen LogP contribution in [0.1, 0.15) is 48.6 Å². The normalized spacial score (nSPS) is 12.3. The van der Waals surface area contributed by atoms with Gasteiger partial charge in [-0.3, -0.25) is 0 Å². The number of hydrogen-bond acceptors (Lipinski definition) is 1. The summed E-state index contributed by atoms with van der Waals surface area (Å²) in [7, 11) is 0. The molecule has 0 bridgehead atoms. The molecule has 0 aliphatic carbocycles. The second-order valence-electron chi connectivity index (χ2n) is 7.54. The molecule has 1 nitrogen and oxygen atoms in total. The van der Waals surface area contributed by atoms with Gasteiger partial charge in [0.2, 0.25) is 0 Å². The number of fused-ring (bicyclic) bond motifs is 2. The summed E-state index contributed by atoms with van der Waals surface area (Å²) >= 11 is 0. The topological polar surface area (TPSA) is 12.9 Å². The third-order valence-electron chi connectivity index (χ3n) is 4.92. The van der Waals surface area contributed by atoms with Crippen molar-refractivity contribution in [1.29, 1.82) is 0 Å². The first kappa shape index (κ1) is 15.0. The fourth-order valence-electron chi connectivity index (χ4n) is 3.39. The van der Waals surface area contributed by atoms with Crippen molar-refractivity contribution in [3.8, 4) is 0 Å². The summed E-state index contributed by atoms with van der Waals surface area (Å²) in [5.74, 6) is 0. The zero-order valence-corrected chi connectivity index (χ0v) is 14.8. The zero-order chi connectivity index (χ0) is 16.2. The quantitative estimate of drug-likeness (QED) is 0.468. The van der Waals surface area contributed by atoms with Gasteiger partial charge in [-0.2, -0.15) is 0 Å². The molecule has 22 heavy (non-hydrogen) atoms. The smallest absolute Gasteiger partial charge is 0.0744 e. The molecule has 0 atom stereocenters. The number of rotatable bonds is 0. The summed E-state index contributed by atoms with van der Waals surface area (Å²) in [6, 6.07) is 8.85. The monoisotopic (exact) mass is 291 g/mol. The van der Waals surface area contributed by atoms with E-state index in [9.17, 15) is 0 Å². The Bertz CT molecular complexity index is 896. The van der Waals surface area contributed by atoms with E-state index in [0.29, 0.717) is 0 Å². The van der Waals surface area contributed by atoms with Crippen LogP contribution in [-0.4, -0.2) is 4.98 Å². The van der Waals surface area contributed by atoms with Crippen molar-refractivity contribution >= 4 is 21.8 Å². The SMILES string of the molecule is Cc1ccc2c(C(C)(C)C)c3c(C)c(C)ccc3nc2c1C. The molecule has 0 fully saturated rings. The number of aryl methyl sites for hydroxylation is 4. The minimum absolute atomic E-state index is 0.0830. The van der Waals surface area contributed by atoms with Crippen LogP contribution in [0.3, 0.4) is 0 Å². The van der Waals surface area contributed by atoms with Gasteiger partial charge in [0, 0.05) is 10.8 Å². The van der Waals surface area contributed by atoms with Crippen LogP contribution in [0, 0.1) is 27.7 Å². The number of hydrogen-bond donors (Lipinski definition) is 0. The number of nitrogens with zero attached hydrogens (tertiary/aromatic N) is 1. The molecule has 3 rings (SSSR count). The number of benzene rings is 2. The van der Waals surface area contributed by atoms with Crippen LogP contribution in [-0.2, 0) is 5.41 Å². The van der Waals surface area contributed by atoms with Crippen LogP contribution in [0.25, 0.3) is 21.8 Å². The van der Waals surface area contributed by atoms with E-state index in [1.165, 1.54) is 38.6 Å². The number of pyridine rings is 1. The molecule has 1 heteroatoms. The minimum Gasteiger partial charge on any atom is -0.247 e. The maximum Gasteiger partial charge on any atom is 0.0744 e. The highest BCUT2D eigenvalue weighted by atomic mass is 14.7. The Hall–Kier alpha value is -1.89. The fraction of sp³-hybridized carbons (Fsp3) is 0.381. The Morgan fingerprint density at radius 1 is 0.773 bits per heavy atom. The molecule has 2 aromatic carbocycles. The van der Waals surface area contributed by atoms with E-state index in [-0.39, 0.29) is 5.41 Å². The van der Waals surface area contributed by atoms with E-state index in [1.54, 1.807) is 0 Å². The van der Waals surface area contributed by atoms with Crippen LogP contribution in [0.4, 0.5) is 0 Å². The van der Waals surface area contributed by atoms with Crippen LogP contribution in [0.15, 0.2) is 24.3 Å². The second kappa shape index (κ2) is 4.81. The molecule has 114 valence electrons.